The van der Waals surface area contributed by atoms with Crippen molar-refractivity contribution >= 4 is 42.4 Å². The van der Waals surface area contributed by atoms with Crippen LogP contribution < -0.4 is 4.18 Å². The number of fused-ring (bicyclic) bond motifs is 4. The van der Waals surface area contributed by atoms with Crippen molar-refractivity contribution in [1.29, 1.82) is 0 Å². The molecule has 4 heteroatoms. The Morgan fingerprint density at radius 3 is 1.96 bits per heavy atom. The van der Waals surface area contributed by atoms with Crippen LogP contribution in [-0.2, 0) is 10.1 Å². The van der Waals surface area contributed by atoms with Crippen molar-refractivity contribution in [2.45, 2.75) is 4.90 Å². The topological polar surface area (TPSA) is 43.4 Å². The van der Waals surface area contributed by atoms with Gasteiger partial charge in [-0.15, -0.1) is 0 Å². The quantitative estimate of drug-likeness (QED) is 0.287. The maximum absolute atomic E-state index is 12.8. The van der Waals surface area contributed by atoms with Gasteiger partial charge in [0.1, 0.15) is 10.6 Å². The van der Waals surface area contributed by atoms with Crippen molar-refractivity contribution in [3.8, 4) is 5.75 Å². The van der Waals surface area contributed by atoms with E-state index in [1.807, 2.05) is 60.7 Å². The van der Waals surface area contributed by atoms with Crippen molar-refractivity contribution in [1.82, 2.24) is 0 Å². The van der Waals surface area contributed by atoms with Crippen LogP contribution in [0.15, 0.2) is 102 Å². The van der Waals surface area contributed by atoms with E-state index in [0.29, 0.717) is 5.75 Å². The van der Waals surface area contributed by atoms with Crippen LogP contribution in [0.1, 0.15) is 0 Å². The van der Waals surface area contributed by atoms with Crippen molar-refractivity contribution in [3.05, 3.63) is 97.1 Å². The average Bonchev–Trinajstić information content (AvgIpc) is 2.73. The van der Waals surface area contributed by atoms with Crippen molar-refractivity contribution in [2.75, 3.05) is 0 Å². The third-order valence-electron chi connectivity index (χ3n) is 4.93. The highest BCUT2D eigenvalue weighted by Crippen LogP contribution is 2.30. The van der Waals surface area contributed by atoms with E-state index in [2.05, 4.69) is 6.07 Å². The summed E-state index contributed by atoms with van der Waals surface area (Å²) in [6.45, 7) is 0. The molecule has 5 rings (SSSR count). The predicted molar refractivity (Wildman–Crippen MR) is 113 cm³/mol. The van der Waals surface area contributed by atoms with E-state index >= 15 is 0 Å². The zero-order chi connectivity index (χ0) is 19.1. The maximum atomic E-state index is 12.8. The van der Waals surface area contributed by atoms with Crippen LogP contribution in [0.25, 0.3) is 32.3 Å². The molecule has 0 radical (unpaired) electrons. The molecule has 0 aromatic heterocycles. The van der Waals surface area contributed by atoms with Crippen LogP contribution in [0.5, 0.6) is 5.75 Å². The van der Waals surface area contributed by atoms with E-state index in [-0.39, 0.29) is 4.90 Å². The van der Waals surface area contributed by atoms with Crippen LogP contribution in [0.2, 0.25) is 0 Å². The maximum Gasteiger partial charge on any atom is 0.339 e. The van der Waals surface area contributed by atoms with Gasteiger partial charge in [-0.2, -0.15) is 8.42 Å². The molecule has 0 amide bonds. The molecular weight excluding hydrogens is 368 g/mol. The molecule has 0 bridgehead atoms. The Labute approximate surface area is 162 Å². The molecule has 28 heavy (non-hydrogen) atoms. The van der Waals surface area contributed by atoms with E-state index < -0.39 is 10.1 Å². The first-order chi connectivity index (χ1) is 13.6. The lowest BCUT2D eigenvalue weighted by Gasteiger charge is -2.10. The average molecular weight is 384 g/mol. The summed E-state index contributed by atoms with van der Waals surface area (Å²) in [6.07, 6.45) is 0. The van der Waals surface area contributed by atoms with Gasteiger partial charge in [0, 0.05) is 0 Å². The molecule has 0 fully saturated rings. The minimum Gasteiger partial charge on any atom is -0.379 e. The molecule has 0 N–H and O–H groups in total. The highest BCUT2D eigenvalue weighted by molar-refractivity contribution is 7.87. The summed E-state index contributed by atoms with van der Waals surface area (Å²) < 4.78 is 31.1. The Bertz CT molecular complexity index is 1450. The van der Waals surface area contributed by atoms with Gasteiger partial charge in [-0.05, 0) is 56.6 Å². The summed E-state index contributed by atoms with van der Waals surface area (Å²) in [6, 6.07) is 30.1. The molecule has 0 heterocycles. The zero-order valence-electron chi connectivity index (χ0n) is 14.9. The first-order valence-electron chi connectivity index (χ1n) is 8.95. The van der Waals surface area contributed by atoms with Gasteiger partial charge in [0.25, 0.3) is 0 Å². The molecule has 0 saturated heterocycles. The summed E-state index contributed by atoms with van der Waals surface area (Å²) in [5.74, 6) is 0.303. The van der Waals surface area contributed by atoms with Crippen LogP contribution in [0.4, 0.5) is 0 Å². The molecule has 136 valence electrons. The zero-order valence-corrected chi connectivity index (χ0v) is 15.7. The standard InChI is InChI=1S/C24H16O3S/c25-28(26,22-14-12-17-5-1-2-7-20(17)15-22)27-21-13-11-19-10-9-18-6-3-4-8-23(18)24(19)16-21/h1-16H. The molecule has 5 aromatic carbocycles. The van der Waals surface area contributed by atoms with Gasteiger partial charge < -0.3 is 4.18 Å². The highest BCUT2D eigenvalue weighted by atomic mass is 32.2. The summed E-state index contributed by atoms with van der Waals surface area (Å²) in [5.41, 5.74) is 0. The fourth-order valence-corrected chi connectivity index (χ4v) is 4.49. The number of rotatable bonds is 3. The fourth-order valence-electron chi connectivity index (χ4n) is 3.53. The van der Waals surface area contributed by atoms with Gasteiger partial charge in [-0.1, -0.05) is 72.8 Å². The predicted octanol–water partition coefficient (Wildman–Crippen LogP) is 5.91. The van der Waals surface area contributed by atoms with E-state index in [4.69, 9.17) is 4.18 Å². The lowest BCUT2D eigenvalue weighted by Crippen LogP contribution is -2.09. The highest BCUT2D eigenvalue weighted by Gasteiger charge is 2.17. The summed E-state index contributed by atoms with van der Waals surface area (Å²) >= 11 is 0. The summed E-state index contributed by atoms with van der Waals surface area (Å²) in [4.78, 5) is 0.143. The van der Waals surface area contributed by atoms with Crippen LogP contribution >= 0.6 is 0 Å². The molecule has 3 nitrogen and oxygen atoms in total. The van der Waals surface area contributed by atoms with E-state index in [1.54, 1.807) is 30.3 Å². The van der Waals surface area contributed by atoms with Crippen LogP contribution in [-0.4, -0.2) is 8.42 Å². The minimum absolute atomic E-state index is 0.143. The van der Waals surface area contributed by atoms with Gasteiger partial charge in [0.05, 0.1) is 0 Å². The summed E-state index contributed by atoms with van der Waals surface area (Å²) in [5, 5.41) is 6.01. The van der Waals surface area contributed by atoms with Crippen LogP contribution in [0, 0.1) is 0 Å². The molecular formula is C24H16O3S. The Balaban J connectivity index is 1.58. The van der Waals surface area contributed by atoms with Crippen LogP contribution in [0.3, 0.4) is 0 Å². The Kier molecular flexibility index (Phi) is 3.81. The smallest absolute Gasteiger partial charge is 0.339 e. The van der Waals surface area contributed by atoms with E-state index in [9.17, 15) is 8.42 Å². The number of benzene rings is 5. The molecule has 0 unspecified atom stereocenters. The molecule has 0 aliphatic carbocycles. The molecule has 0 spiro atoms. The molecule has 0 aliphatic rings. The second-order valence-electron chi connectivity index (χ2n) is 6.72. The Morgan fingerprint density at radius 1 is 0.536 bits per heavy atom. The lowest BCUT2D eigenvalue weighted by atomic mass is 10.0. The Morgan fingerprint density at radius 2 is 1.14 bits per heavy atom. The third kappa shape index (κ3) is 2.88. The SMILES string of the molecule is O=S(=O)(Oc1ccc2ccc3ccccc3c2c1)c1ccc2ccccc2c1. The molecule has 0 atom stereocenters. The molecule has 0 aliphatic heterocycles. The second kappa shape index (κ2) is 6.36. The van der Waals surface area contributed by atoms with Gasteiger partial charge in [-0.25, -0.2) is 0 Å². The van der Waals surface area contributed by atoms with E-state index in [1.165, 1.54) is 0 Å². The number of hydrogen-bond acceptors (Lipinski definition) is 3. The fraction of sp³-hybridized carbons (Fsp3) is 0. The van der Waals surface area contributed by atoms with Gasteiger partial charge >= 0.3 is 10.1 Å². The van der Waals surface area contributed by atoms with Gasteiger partial charge in [-0.3, -0.25) is 0 Å². The molecule has 5 aromatic rings. The summed E-state index contributed by atoms with van der Waals surface area (Å²) in [7, 11) is -3.93. The molecule has 0 saturated carbocycles. The van der Waals surface area contributed by atoms with Crippen molar-refractivity contribution in [2.24, 2.45) is 0 Å². The lowest BCUT2D eigenvalue weighted by molar-refractivity contribution is 0.486. The first-order valence-corrected chi connectivity index (χ1v) is 10.4. The van der Waals surface area contributed by atoms with Crippen molar-refractivity contribution < 1.29 is 12.6 Å². The largest absolute Gasteiger partial charge is 0.379 e. The monoisotopic (exact) mass is 384 g/mol. The van der Waals surface area contributed by atoms with Gasteiger partial charge in [0.15, 0.2) is 0 Å². The number of hydrogen-bond donors (Lipinski definition) is 0. The van der Waals surface area contributed by atoms with E-state index in [0.717, 1.165) is 32.3 Å². The Hall–Kier alpha value is -3.37. The third-order valence-corrected chi connectivity index (χ3v) is 6.18. The van der Waals surface area contributed by atoms with Crippen molar-refractivity contribution in [3.63, 3.8) is 0 Å². The second-order valence-corrected chi connectivity index (χ2v) is 8.26. The van der Waals surface area contributed by atoms with Gasteiger partial charge in [0.2, 0.25) is 0 Å². The minimum atomic E-state index is -3.93. The first kappa shape index (κ1) is 16.8. The normalized spacial score (nSPS) is 11.9.